The molecule has 0 heterocycles. The SMILES string of the molecule is Fc1c(Br)c(-c2ccccc2-c2ccccc2)c(Br)c(F)c1-c1ccccc1. The molecule has 4 rings (SSSR count). The predicted molar refractivity (Wildman–Crippen MR) is 118 cm³/mol. The molecule has 0 saturated heterocycles. The molecule has 0 aliphatic heterocycles. The average molecular weight is 500 g/mol. The third-order valence-electron chi connectivity index (χ3n) is 4.61. The van der Waals surface area contributed by atoms with Crippen molar-refractivity contribution in [2.24, 2.45) is 0 Å². The van der Waals surface area contributed by atoms with Crippen LogP contribution in [0.2, 0.25) is 0 Å². The van der Waals surface area contributed by atoms with Gasteiger partial charge < -0.3 is 0 Å². The van der Waals surface area contributed by atoms with E-state index in [4.69, 9.17) is 0 Å². The summed E-state index contributed by atoms with van der Waals surface area (Å²) in [6.45, 7) is 0. The van der Waals surface area contributed by atoms with Crippen LogP contribution in [0.1, 0.15) is 0 Å². The van der Waals surface area contributed by atoms with Gasteiger partial charge in [-0.15, -0.1) is 0 Å². The maximum Gasteiger partial charge on any atom is 0.148 e. The molecule has 4 heteroatoms. The first kappa shape index (κ1) is 19.0. The van der Waals surface area contributed by atoms with E-state index in [9.17, 15) is 0 Å². The van der Waals surface area contributed by atoms with Gasteiger partial charge >= 0.3 is 0 Å². The number of rotatable bonds is 3. The van der Waals surface area contributed by atoms with E-state index < -0.39 is 11.6 Å². The van der Waals surface area contributed by atoms with E-state index in [-0.39, 0.29) is 14.5 Å². The standard InChI is InChI=1S/C24H14Br2F2/c25-21-20(18-14-8-7-13-17(18)15-9-3-1-4-10-15)22(26)24(28)19(23(21)27)16-11-5-2-6-12-16/h1-14H. The van der Waals surface area contributed by atoms with Crippen LogP contribution in [0.5, 0.6) is 0 Å². The van der Waals surface area contributed by atoms with Crippen LogP contribution >= 0.6 is 31.9 Å². The van der Waals surface area contributed by atoms with E-state index in [1.54, 1.807) is 24.3 Å². The van der Waals surface area contributed by atoms with Crippen molar-refractivity contribution in [3.8, 4) is 33.4 Å². The zero-order valence-electron chi connectivity index (χ0n) is 14.6. The minimum absolute atomic E-state index is 0.0553. The van der Waals surface area contributed by atoms with Crippen LogP contribution in [0.15, 0.2) is 93.9 Å². The Morgan fingerprint density at radius 3 is 1.43 bits per heavy atom. The van der Waals surface area contributed by atoms with Gasteiger partial charge in [0.15, 0.2) is 0 Å². The van der Waals surface area contributed by atoms with Crippen LogP contribution in [0.4, 0.5) is 8.78 Å². The fourth-order valence-electron chi connectivity index (χ4n) is 3.30. The topological polar surface area (TPSA) is 0 Å². The largest absolute Gasteiger partial charge is 0.205 e. The normalized spacial score (nSPS) is 10.9. The summed E-state index contributed by atoms with van der Waals surface area (Å²) in [5, 5.41) is 0. The average Bonchev–Trinajstić information content (AvgIpc) is 2.74. The Hall–Kier alpha value is -2.30. The van der Waals surface area contributed by atoms with Crippen LogP contribution in [0.3, 0.4) is 0 Å². The lowest BCUT2D eigenvalue weighted by molar-refractivity contribution is 0.582. The molecule has 0 aliphatic rings. The zero-order chi connectivity index (χ0) is 19.7. The summed E-state index contributed by atoms with van der Waals surface area (Å²) < 4.78 is 31.1. The lowest BCUT2D eigenvalue weighted by Crippen LogP contribution is -1.98. The Kier molecular flexibility index (Phi) is 5.42. The molecule has 0 amide bonds. The summed E-state index contributed by atoms with van der Waals surface area (Å²) >= 11 is 6.77. The fourth-order valence-corrected chi connectivity index (χ4v) is 4.78. The molecule has 0 nitrogen and oxygen atoms in total. The zero-order valence-corrected chi connectivity index (χ0v) is 17.8. The molecule has 0 atom stereocenters. The Labute approximate surface area is 179 Å². The molecule has 4 aromatic carbocycles. The highest BCUT2D eigenvalue weighted by molar-refractivity contribution is 9.11. The molecule has 0 aromatic heterocycles. The van der Waals surface area contributed by atoms with Gasteiger partial charge in [0.05, 0.1) is 14.5 Å². The van der Waals surface area contributed by atoms with E-state index in [0.717, 1.165) is 16.7 Å². The molecule has 0 N–H and O–H groups in total. The molecule has 0 aliphatic carbocycles. The Morgan fingerprint density at radius 1 is 0.464 bits per heavy atom. The second-order valence-electron chi connectivity index (χ2n) is 6.28. The van der Waals surface area contributed by atoms with Gasteiger partial charge in [0.1, 0.15) is 11.6 Å². The summed E-state index contributed by atoms with van der Waals surface area (Å²) in [4.78, 5) is 0. The van der Waals surface area contributed by atoms with Crippen molar-refractivity contribution in [2.45, 2.75) is 0 Å². The van der Waals surface area contributed by atoms with E-state index in [2.05, 4.69) is 31.9 Å². The minimum Gasteiger partial charge on any atom is -0.205 e. The molecule has 138 valence electrons. The molecular weight excluding hydrogens is 486 g/mol. The molecule has 0 radical (unpaired) electrons. The van der Waals surface area contributed by atoms with Crippen molar-refractivity contribution < 1.29 is 8.78 Å². The summed E-state index contributed by atoms with van der Waals surface area (Å²) in [6.07, 6.45) is 0. The highest BCUT2D eigenvalue weighted by Crippen LogP contribution is 2.46. The summed E-state index contributed by atoms with van der Waals surface area (Å²) in [6, 6.07) is 26.1. The van der Waals surface area contributed by atoms with Crippen molar-refractivity contribution in [3.63, 3.8) is 0 Å². The van der Waals surface area contributed by atoms with E-state index in [1.807, 2.05) is 60.7 Å². The molecular formula is C24H14Br2F2. The van der Waals surface area contributed by atoms with Crippen LogP contribution < -0.4 is 0 Å². The molecule has 0 spiro atoms. The molecule has 0 saturated carbocycles. The number of hydrogen-bond donors (Lipinski definition) is 0. The number of hydrogen-bond acceptors (Lipinski definition) is 0. The quantitative estimate of drug-likeness (QED) is 0.248. The molecule has 28 heavy (non-hydrogen) atoms. The first-order chi connectivity index (χ1) is 13.6. The van der Waals surface area contributed by atoms with Crippen molar-refractivity contribution in [3.05, 3.63) is 106 Å². The van der Waals surface area contributed by atoms with Gasteiger partial charge in [-0.2, -0.15) is 0 Å². The number of halogens is 4. The summed E-state index contributed by atoms with van der Waals surface area (Å²) in [7, 11) is 0. The van der Waals surface area contributed by atoms with Gasteiger partial charge in [-0.1, -0.05) is 84.9 Å². The smallest absolute Gasteiger partial charge is 0.148 e. The summed E-state index contributed by atoms with van der Waals surface area (Å²) in [5.41, 5.74) is 3.50. The molecule has 4 aromatic rings. The minimum atomic E-state index is -0.621. The van der Waals surface area contributed by atoms with Crippen molar-refractivity contribution in [1.29, 1.82) is 0 Å². The Bertz CT molecular complexity index is 1110. The second-order valence-corrected chi connectivity index (χ2v) is 7.87. The van der Waals surface area contributed by atoms with Crippen LogP contribution in [0, 0.1) is 11.6 Å². The van der Waals surface area contributed by atoms with Crippen molar-refractivity contribution in [2.75, 3.05) is 0 Å². The van der Waals surface area contributed by atoms with Gasteiger partial charge in [0, 0.05) is 5.56 Å². The lowest BCUT2D eigenvalue weighted by Gasteiger charge is -2.17. The van der Waals surface area contributed by atoms with E-state index in [0.29, 0.717) is 11.1 Å². The first-order valence-electron chi connectivity index (χ1n) is 8.65. The van der Waals surface area contributed by atoms with Gasteiger partial charge in [0.25, 0.3) is 0 Å². The van der Waals surface area contributed by atoms with Gasteiger partial charge in [-0.25, -0.2) is 8.78 Å². The first-order valence-corrected chi connectivity index (χ1v) is 10.2. The maximum atomic E-state index is 15.3. The van der Waals surface area contributed by atoms with Gasteiger partial charge in [-0.05, 0) is 54.1 Å². The Balaban J connectivity index is 2.00. The maximum absolute atomic E-state index is 15.3. The predicted octanol–water partition coefficient (Wildman–Crippen LogP) is 8.49. The molecule has 0 unspecified atom stereocenters. The van der Waals surface area contributed by atoms with Gasteiger partial charge in [-0.3, -0.25) is 0 Å². The van der Waals surface area contributed by atoms with Crippen LogP contribution in [0.25, 0.3) is 33.4 Å². The third kappa shape index (κ3) is 3.31. The molecule has 0 bridgehead atoms. The number of benzene rings is 4. The van der Waals surface area contributed by atoms with Gasteiger partial charge in [0.2, 0.25) is 0 Å². The Morgan fingerprint density at radius 2 is 0.893 bits per heavy atom. The lowest BCUT2D eigenvalue weighted by atomic mass is 9.93. The fraction of sp³-hybridized carbons (Fsp3) is 0. The monoisotopic (exact) mass is 498 g/mol. The van der Waals surface area contributed by atoms with Crippen molar-refractivity contribution >= 4 is 31.9 Å². The van der Waals surface area contributed by atoms with E-state index >= 15 is 8.78 Å². The third-order valence-corrected chi connectivity index (χ3v) is 6.10. The van der Waals surface area contributed by atoms with Crippen LogP contribution in [-0.2, 0) is 0 Å². The highest BCUT2D eigenvalue weighted by Gasteiger charge is 2.25. The van der Waals surface area contributed by atoms with E-state index in [1.165, 1.54) is 0 Å². The molecule has 0 fully saturated rings. The second kappa shape index (κ2) is 7.98. The summed E-state index contributed by atoms with van der Waals surface area (Å²) in [5.74, 6) is -1.24. The highest BCUT2D eigenvalue weighted by atomic mass is 79.9. The van der Waals surface area contributed by atoms with Crippen molar-refractivity contribution in [1.82, 2.24) is 0 Å². The van der Waals surface area contributed by atoms with Crippen LogP contribution in [-0.4, -0.2) is 0 Å².